The first-order valence-electron chi connectivity index (χ1n) is 9.10. The summed E-state index contributed by atoms with van der Waals surface area (Å²) in [5, 5.41) is 5.63. The SMILES string of the molecule is Cc1ccccc1OCC(=O)Nc1cccc(C(=O)NC[C@@H]2CCCO2)c1. The Morgan fingerprint density at radius 1 is 1.19 bits per heavy atom. The lowest BCUT2D eigenvalue weighted by atomic mass is 10.1. The number of rotatable bonds is 7. The largest absolute Gasteiger partial charge is 0.483 e. The van der Waals surface area contributed by atoms with Gasteiger partial charge in [0.05, 0.1) is 6.10 Å². The Hall–Kier alpha value is -2.86. The van der Waals surface area contributed by atoms with Gasteiger partial charge < -0.3 is 20.1 Å². The summed E-state index contributed by atoms with van der Waals surface area (Å²) in [5.41, 5.74) is 2.01. The molecule has 2 amide bonds. The van der Waals surface area contributed by atoms with Gasteiger partial charge in [-0.1, -0.05) is 24.3 Å². The first-order chi connectivity index (χ1) is 13.1. The molecule has 6 heteroatoms. The van der Waals surface area contributed by atoms with Crippen LogP contribution in [0.4, 0.5) is 5.69 Å². The fourth-order valence-corrected chi connectivity index (χ4v) is 2.91. The third kappa shape index (κ3) is 5.56. The van der Waals surface area contributed by atoms with Gasteiger partial charge in [-0.3, -0.25) is 9.59 Å². The van der Waals surface area contributed by atoms with Gasteiger partial charge >= 0.3 is 0 Å². The van der Waals surface area contributed by atoms with Crippen LogP contribution in [0.15, 0.2) is 48.5 Å². The Kier molecular flexibility index (Phi) is 6.44. The Labute approximate surface area is 158 Å². The molecule has 2 aromatic carbocycles. The van der Waals surface area contributed by atoms with Gasteiger partial charge in [-0.05, 0) is 49.6 Å². The molecule has 0 unspecified atom stereocenters. The summed E-state index contributed by atoms with van der Waals surface area (Å²) in [5.74, 6) is 0.211. The third-order valence-corrected chi connectivity index (χ3v) is 4.38. The van der Waals surface area contributed by atoms with E-state index in [2.05, 4.69) is 10.6 Å². The van der Waals surface area contributed by atoms with Crippen molar-refractivity contribution in [2.45, 2.75) is 25.9 Å². The molecule has 142 valence electrons. The van der Waals surface area contributed by atoms with Gasteiger partial charge in [-0.25, -0.2) is 0 Å². The van der Waals surface area contributed by atoms with Crippen molar-refractivity contribution in [2.24, 2.45) is 0 Å². The van der Waals surface area contributed by atoms with Gasteiger partial charge in [0, 0.05) is 24.4 Å². The minimum atomic E-state index is -0.282. The number of carbonyl (C=O) groups excluding carboxylic acids is 2. The summed E-state index contributed by atoms with van der Waals surface area (Å²) in [6, 6.07) is 14.4. The van der Waals surface area contributed by atoms with E-state index in [4.69, 9.17) is 9.47 Å². The molecule has 0 aliphatic carbocycles. The summed E-state index contributed by atoms with van der Waals surface area (Å²) in [6.07, 6.45) is 2.10. The van der Waals surface area contributed by atoms with Crippen LogP contribution in [-0.4, -0.2) is 37.7 Å². The lowest BCUT2D eigenvalue weighted by Crippen LogP contribution is -2.31. The highest BCUT2D eigenvalue weighted by Gasteiger charge is 2.17. The standard InChI is InChI=1S/C21H24N2O4/c1-15-6-2-3-10-19(15)27-14-20(24)23-17-8-4-7-16(12-17)21(25)22-13-18-9-5-11-26-18/h2-4,6-8,10,12,18H,5,9,11,13-14H2,1H3,(H,22,25)(H,23,24)/t18-/m0/s1. The number of para-hydroxylation sites is 1. The molecule has 1 aliphatic rings. The molecule has 0 spiro atoms. The molecule has 0 aromatic heterocycles. The molecule has 2 N–H and O–H groups in total. The number of ether oxygens (including phenoxy) is 2. The fourth-order valence-electron chi connectivity index (χ4n) is 2.91. The van der Waals surface area contributed by atoms with Crippen LogP contribution in [0, 0.1) is 6.92 Å². The van der Waals surface area contributed by atoms with E-state index in [1.165, 1.54) is 0 Å². The van der Waals surface area contributed by atoms with Gasteiger partial charge in [0.2, 0.25) is 0 Å². The van der Waals surface area contributed by atoms with Crippen molar-refractivity contribution in [1.82, 2.24) is 5.32 Å². The van der Waals surface area contributed by atoms with Gasteiger partial charge in [0.25, 0.3) is 11.8 Å². The molecule has 2 aromatic rings. The van der Waals surface area contributed by atoms with Crippen molar-refractivity contribution in [2.75, 3.05) is 25.1 Å². The smallest absolute Gasteiger partial charge is 0.262 e. The highest BCUT2D eigenvalue weighted by Crippen LogP contribution is 2.16. The maximum Gasteiger partial charge on any atom is 0.262 e. The molecule has 3 rings (SSSR count). The number of amides is 2. The monoisotopic (exact) mass is 368 g/mol. The van der Waals surface area contributed by atoms with Gasteiger partial charge in [0.15, 0.2) is 6.61 Å². The Morgan fingerprint density at radius 2 is 2.04 bits per heavy atom. The van der Waals surface area contributed by atoms with Crippen molar-refractivity contribution in [3.05, 3.63) is 59.7 Å². The molecule has 27 heavy (non-hydrogen) atoms. The van der Waals surface area contributed by atoms with E-state index < -0.39 is 0 Å². The zero-order chi connectivity index (χ0) is 19.1. The number of nitrogens with one attached hydrogen (secondary N) is 2. The van der Waals surface area contributed by atoms with Crippen molar-refractivity contribution < 1.29 is 19.1 Å². The normalized spacial score (nSPS) is 16.0. The zero-order valence-electron chi connectivity index (χ0n) is 15.4. The first-order valence-corrected chi connectivity index (χ1v) is 9.10. The molecule has 1 atom stereocenters. The highest BCUT2D eigenvalue weighted by atomic mass is 16.5. The molecule has 1 saturated heterocycles. The van der Waals surface area contributed by atoms with Crippen LogP contribution in [0.5, 0.6) is 5.75 Å². The van der Waals surface area contributed by atoms with Crippen molar-refractivity contribution in [3.8, 4) is 5.75 Å². The van der Waals surface area contributed by atoms with Gasteiger partial charge in [-0.2, -0.15) is 0 Å². The number of hydrogen-bond donors (Lipinski definition) is 2. The average molecular weight is 368 g/mol. The summed E-state index contributed by atoms with van der Waals surface area (Å²) >= 11 is 0. The molecule has 1 heterocycles. The van der Waals surface area contributed by atoms with Crippen molar-refractivity contribution >= 4 is 17.5 Å². The minimum Gasteiger partial charge on any atom is -0.483 e. The number of hydrogen-bond acceptors (Lipinski definition) is 4. The molecule has 0 radical (unpaired) electrons. The molecular weight excluding hydrogens is 344 g/mol. The number of carbonyl (C=O) groups is 2. The lowest BCUT2D eigenvalue weighted by molar-refractivity contribution is -0.118. The van der Waals surface area contributed by atoms with Crippen LogP contribution in [-0.2, 0) is 9.53 Å². The van der Waals surface area contributed by atoms with E-state index >= 15 is 0 Å². The van der Waals surface area contributed by atoms with Crippen LogP contribution >= 0.6 is 0 Å². The van der Waals surface area contributed by atoms with Crippen LogP contribution in [0.1, 0.15) is 28.8 Å². The molecular formula is C21H24N2O4. The topological polar surface area (TPSA) is 76.7 Å². The maximum atomic E-state index is 12.3. The zero-order valence-corrected chi connectivity index (χ0v) is 15.4. The van der Waals surface area contributed by atoms with Crippen molar-refractivity contribution in [1.29, 1.82) is 0 Å². The summed E-state index contributed by atoms with van der Waals surface area (Å²) in [7, 11) is 0. The summed E-state index contributed by atoms with van der Waals surface area (Å²) in [4.78, 5) is 24.4. The van der Waals surface area contributed by atoms with E-state index in [1.807, 2.05) is 31.2 Å². The van der Waals surface area contributed by atoms with Gasteiger partial charge in [0.1, 0.15) is 5.75 Å². The maximum absolute atomic E-state index is 12.3. The molecule has 0 bridgehead atoms. The van der Waals surface area contributed by atoms with Crippen LogP contribution in [0.3, 0.4) is 0 Å². The quantitative estimate of drug-likeness (QED) is 0.788. The second kappa shape index (κ2) is 9.19. The minimum absolute atomic E-state index is 0.0930. The van der Waals surface area contributed by atoms with Crippen LogP contribution in [0.25, 0.3) is 0 Å². The van der Waals surface area contributed by atoms with E-state index in [9.17, 15) is 9.59 Å². The number of benzene rings is 2. The second-order valence-electron chi connectivity index (χ2n) is 6.53. The fraction of sp³-hybridized carbons (Fsp3) is 0.333. The first kappa shape index (κ1) is 18.9. The van der Waals surface area contributed by atoms with E-state index in [-0.39, 0.29) is 24.5 Å². The number of anilines is 1. The van der Waals surface area contributed by atoms with Gasteiger partial charge in [-0.15, -0.1) is 0 Å². The molecule has 1 aliphatic heterocycles. The molecule has 1 fully saturated rings. The number of aryl methyl sites for hydroxylation is 1. The van der Waals surface area contributed by atoms with E-state index in [0.717, 1.165) is 25.0 Å². The second-order valence-corrected chi connectivity index (χ2v) is 6.53. The predicted molar refractivity (Wildman–Crippen MR) is 103 cm³/mol. The molecule has 6 nitrogen and oxygen atoms in total. The predicted octanol–water partition coefficient (Wildman–Crippen LogP) is 2.92. The third-order valence-electron chi connectivity index (χ3n) is 4.38. The Bertz CT molecular complexity index is 800. The lowest BCUT2D eigenvalue weighted by Gasteiger charge is -2.12. The summed E-state index contributed by atoms with van der Waals surface area (Å²) in [6.45, 7) is 3.08. The highest BCUT2D eigenvalue weighted by molar-refractivity contribution is 5.97. The van der Waals surface area contributed by atoms with Crippen LogP contribution < -0.4 is 15.4 Å². The van der Waals surface area contributed by atoms with E-state index in [1.54, 1.807) is 24.3 Å². The summed E-state index contributed by atoms with van der Waals surface area (Å²) < 4.78 is 11.0. The Balaban J connectivity index is 1.51. The van der Waals surface area contributed by atoms with E-state index in [0.29, 0.717) is 23.5 Å². The average Bonchev–Trinajstić information content (AvgIpc) is 3.19. The Morgan fingerprint density at radius 3 is 2.81 bits per heavy atom. The van der Waals surface area contributed by atoms with Crippen molar-refractivity contribution in [3.63, 3.8) is 0 Å². The van der Waals surface area contributed by atoms with Crippen LogP contribution in [0.2, 0.25) is 0 Å². The molecule has 0 saturated carbocycles.